The standard InChI is InChI=1S/C9H10BrF2N/c1-6-2-3-7(10)4-8(6)13-5-9(11)12/h2-4,9,13H,5H2,1H3. The SMILES string of the molecule is Cc1ccc(Br)cc1NCC(F)F. The first kappa shape index (κ1) is 10.4. The molecule has 0 aromatic heterocycles. The van der Waals surface area contributed by atoms with Crippen molar-refractivity contribution in [2.24, 2.45) is 0 Å². The maximum Gasteiger partial charge on any atom is 0.255 e. The number of anilines is 1. The lowest BCUT2D eigenvalue weighted by molar-refractivity contribution is 0.163. The van der Waals surface area contributed by atoms with Crippen LogP contribution in [0.25, 0.3) is 0 Å². The minimum Gasteiger partial charge on any atom is -0.379 e. The summed E-state index contributed by atoms with van der Waals surface area (Å²) in [5, 5.41) is 2.67. The smallest absolute Gasteiger partial charge is 0.255 e. The molecule has 0 unspecified atom stereocenters. The largest absolute Gasteiger partial charge is 0.379 e. The molecule has 72 valence electrons. The Labute approximate surface area is 84.3 Å². The fourth-order valence-corrected chi connectivity index (χ4v) is 1.33. The minimum atomic E-state index is -2.32. The van der Waals surface area contributed by atoms with Crippen LogP contribution in [0, 0.1) is 6.92 Å². The first-order chi connectivity index (χ1) is 6.09. The zero-order valence-corrected chi connectivity index (χ0v) is 8.74. The summed E-state index contributed by atoms with van der Waals surface area (Å²) in [4.78, 5) is 0. The van der Waals surface area contributed by atoms with E-state index >= 15 is 0 Å². The van der Waals surface area contributed by atoms with Crippen LogP contribution in [-0.4, -0.2) is 13.0 Å². The number of hydrogen-bond donors (Lipinski definition) is 1. The van der Waals surface area contributed by atoms with Gasteiger partial charge in [-0.05, 0) is 24.6 Å². The predicted molar refractivity (Wildman–Crippen MR) is 53.4 cm³/mol. The number of alkyl halides is 2. The van der Waals surface area contributed by atoms with Crippen LogP contribution in [0.1, 0.15) is 5.56 Å². The molecule has 0 fully saturated rings. The van der Waals surface area contributed by atoms with Crippen LogP contribution >= 0.6 is 15.9 Å². The third-order valence-electron chi connectivity index (χ3n) is 1.65. The van der Waals surface area contributed by atoms with E-state index in [9.17, 15) is 8.78 Å². The first-order valence-electron chi connectivity index (χ1n) is 3.88. The summed E-state index contributed by atoms with van der Waals surface area (Å²) in [6, 6.07) is 5.54. The second-order valence-electron chi connectivity index (χ2n) is 2.73. The fraction of sp³-hybridized carbons (Fsp3) is 0.333. The molecule has 1 aromatic carbocycles. The van der Waals surface area contributed by atoms with Crippen molar-refractivity contribution in [2.45, 2.75) is 13.3 Å². The molecule has 1 rings (SSSR count). The summed E-state index contributed by atoms with van der Waals surface area (Å²) in [7, 11) is 0. The third kappa shape index (κ3) is 3.30. The number of halogens is 3. The quantitative estimate of drug-likeness (QED) is 0.866. The second-order valence-corrected chi connectivity index (χ2v) is 3.65. The van der Waals surface area contributed by atoms with Gasteiger partial charge in [0.05, 0.1) is 6.54 Å². The van der Waals surface area contributed by atoms with Crippen molar-refractivity contribution in [2.75, 3.05) is 11.9 Å². The van der Waals surface area contributed by atoms with E-state index in [4.69, 9.17) is 0 Å². The van der Waals surface area contributed by atoms with Crippen LogP contribution in [0.4, 0.5) is 14.5 Å². The Hall–Kier alpha value is -0.640. The van der Waals surface area contributed by atoms with Crippen molar-refractivity contribution in [3.8, 4) is 0 Å². The summed E-state index contributed by atoms with van der Waals surface area (Å²) in [6.07, 6.45) is -2.32. The number of rotatable bonds is 3. The highest BCUT2D eigenvalue weighted by molar-refractivity contribution is 9.10. The van der Waals surface area contributed by atoms with Gasteiger partial charge in [-0.3, -0.25) is 0 Å². The Morgan fingerprint density at radius 3 is 2.77 bits per heavy atom. The molecule has 13 heavy (non-hydrogen) atoms. The highest BCUT2D eigenvalue weighted by atomic mass is 79.9. The first-order valence-corrected chi connectivity index (χ1v) is 4.67. The van der Waals surface area contributed by atoms with Crippen LogP contribution in [0.3, 0.4) is 0 Å². The Morgan fingerprint density at radius 1 is 1.46 bits per heavy atom. The van der Waals surface area contributed by atoms with Crippen LogP contribution < -0.4 is 5.32 Å². The molecular weight excluding hydrogens is 240 g/mol. The van der Waals surface area contributed by atoms with Gasteiger partial charge in [0.25, 0.3) is 6.43 Å². The van der Waals surface area contributed by atoms with E-state index in [0.717, 1.165) is 15.7 Å². The van der Waals surface area contributed by atoms with Gasteiger partial charge < -0.3 is 5.32 Å². The van der Waals surface area contributed by atoms with E-state index in [1.807, 2.05) is 19.1 Å². The lowest BCUT2D eigenvalue weighted by Crippen LogP contribution is -2.10. The Bertz CT molecular complexity index is 289. The summed E-state index contributed by atoms with van der Waals surface area (Å²) >= 11 is 3.28. The second kappa shape index (κ2) is 4.56. The van der Waals surface area contributed by atoms with Crippen molar-refractivity contribution in [3.05, 3.63) is 28.2 Å². The van der Waals surface area contributed by atoms with Crippen molar-refractivity contribution in [1.82, 2.24) is 0 Å². The van der Waals surface area contributed by atoms with Crippen LogP contribution in [0.2, 0.25) is 0 Å². The fourth-order valence-electron chi connectivity index (χ4n) is 0.972. The summed E-state index contributed by atoms with van der Waals surface area (Å²) in [5.41, 5.74) is 1.71. The monoisotopic (exact) mass is 249 g/mol. The molecule has 0 atom stereocenters. The van der Waals surface area contributed by atoms with E-state index in [0.29, 0.717) is 0 Å². The molecule has 0 aliphatic heterocycles. The van der Waals surface area contributed by atoms with Crippen LogP contribution in [0.15, 0.2) is 22.7 Å². The van der Waals surface area contributed by atoms with Gasteiger partial charge in [0, 0.05) is 10.2 Å². The zero-order chi connectivity index (χ0) is 9.84. The van der Waals surface area contributed by atoms with Gasteiger partial charge in [-0.2, -0.15) is 0 Å². The topological polar surface area (TPSA) is 12.0 Å². The lowest BCUT2D eigenvalue weighted by Gasteiger charge is -2.08. The molecule has 0 saturated heterocycles. The zero-order valence-electron chi connectivity index (χ0n) is 7.15. The van der Waals surface area contributed by atoms with E-state index in [2.05, 4.69) is 21.2 Å². The van der Waals surface area contributed by atoms with Crippen molar-refractivity contribution >= 4 is 21.6 Å². The normalized spacial score (nSPS) is 10.5. The van der Waals surface area contributed by atoms with Crippen LogP contribution in [0.5, 0.6) is 0 Å². The Kier molecular flexibility index (Phi) is 3.66. The van der Waals surface area contributed by atoms with Gasteiger partial charge in [0.2, 0.25) is 0 Å². The van der Waals surface area contributed by atoms with E-state index in [1.54, 1.807) is 6.07 Å². The van der Waals surface area contributed by atoms with Crippen molar-refractivity contribution in [1.29, 1.82) is 0 Å². The van der Waals surface area contributed by atoms with E-state index in [1.165, 1.54) is 0 Å². The van der Waals surface area contributed by atoms with E-state index in [-0.39, 0.29) is 6.54 Å². The number of aryl methyl sites for hydroxylation is 1. The summed E-state index contributed by atoms with van der Waals surface area (Å²) in [6.45, 7) is 1.57. The molecule has 4 heteroatoms. The molecular formula is C9H10BrF2N. The average molecular weight is 250 g/mol. The Morgan fingerprint density at radius 2 is 2.15 bits per heavy atom. The molecule has 1 N–H and O–H groups in total. The van der Waals surface area contributed by atoms with Gasteiger partial charge in [0.1, 0.15) is 0 Å². The molecule has 0 amide bonds. The van der Waals surface area contributed by atoms with Crippen molar-refractivity contribution in [3.63, 3.8) is 0 Å². The molecule has 1 aromatic rings. The molecule has 0 aliphatic carbocycles. The maximum absolute atomic E-state index is 11.9. The Balaban J connectivity index is 2.70. The summed E-state index contributed by atoms with van der Waals surface area (Å²) in [5.74, 6) is 0. The molecule has 0 heterocycles. The molecule has 0 aliphatic rings. The highest BCUT2D eigenvalue weighted by Gasteiger charge is 2.03. The minimum absolute atomic E-state index is 0.308. The number of hydrogen-bond acceptors (Lipinski definition) is 1. The van der Waals surface area contributed by atoms with Crippen molar-refractivity contribution < 1.29 is 8.78 Å². The van der Waals surface area contributed by atoms with Gasteiger partial charge in [0.15, 0.2) is 0 Å². The van der Waals surface area contributed by atoms with Gasteiger partial charge in [-0.25, -0.2) is 8.78 Å². The van der Waals surface area contributed by atoms with Gasteiger partial charge >= 0.3 is 0 Å². The lowest BCUT2D eigenvalue weighted by atomic mass is 10.2. The highest BCUT2D eigenvalue weighted by Crippen LogP contribution is 2.20. The average Bonchev–Trinajstić information content (AvgIpc) is 2.06. The molecule has 0 saturated carbocycles. The third-order valence-corrected chi connectivity index (χ3v) is 2.14. The van der Waals surface area contributed by atoms with E-state index < -0.39 is 6.43 Å². The van der Waals surface area contributed by atoms with Gasteiger partial charge in [-0.1, -0.05) is 22.0 Å². The van der Waals surface area contributed by atoms with Crippen LogP contribution in [-0.2, 0) is 0 Å². The molecule has 1 nitrogen and oxygen atoms in total. The number of nitrogens with one attached hydrogen (secondary N) is 1. The molecule has 0 radical (unpaired) electrons. The number of benzene rings is 1. The summed E-state index contributed by atoms with van der Waals surface area (Å²) < 4.78 is 24.6. The predicted octanol–water partition coefficient (Wildman–Crippen LogP) is 3.43. The molecule has 0 bridgehead atoms. The maximum atomic E-state index is 11.9. The van der Waals surface area contributed by atoms with Gasteiger partial charge in [-0.15, -0.1) is 0 Å². The molecule has 0 spiro atoms.